The molecule has 0 aliphatic carbocycles. The zero-order valence-electron chi connectivity index (χ0n) is 8.19. The molecule has 15 heavy (non-hydrogen) atoms. The van der Waals surface area contributed by atoms with Crippen LogP contribution in [0.3, 0.4) is 0 Å². The Kier molecular flexibility index (Phi) is 3.68. The normalized spacial score (nSPS) is 9.40. The van der Waals surface area contributed by atoms with E-state index in [0.29, 0.717) is 23.2 Å². The standard InChI is InChI=1S/C10H11NO4/c1-15-9-3-2-7(6-12)4-8(9)5-11-10(13)14/h2-4,6,11H,5H2,1H3,(H,13,14). The van der Waals surface area contributed by atoms with Crippen molar-refractivity contribution in [2.24, 2.45) is 0 Å². The maximum atomic E-state index is 10.5. The number of ether oxygens (including phenoxy) is 1. The van der Waals surface area contributed by atoms with Crippen LogP contribution < -0.4 is 10.1 Å². The number of carbonyl (C=O) groups is 2. The lowest BCUT2D eigenvalue weighted by Crippen LogP contribution is -2.20. The molecule has 0 aliphatic heterocycles. The van der Waals surface area contributed by atoms with Gasteiger partial charge >= 0.3 is 6.09 Å². The molecule has 2 N–H and O–H groups in total. The van der Waals surface area contributed by atoms with Crippen LogP contribution in [0.15, 0.2) is 18.2 Å². The van der Waals surface area contributed by atoms with E-state index in [1.165, 1.54) is 7.11 Å². The van der Waals surface area contributed by atoms with Crippen LogP contribution in [0.1, 0.15) is 15.9 Å². The second-order valence-corrected chi connectivity index (χ2v) is 2.85. The molecule has 0 unspecified atom stereocenters. The van der Waals surface area contributed by atoms with Crippen molar-refractivity contribution in [3.63, 3.8) is 0 Å². The number of hydrogen-bond donors (Lipinski definition) is 2. The van der Waals surface area contributed by atoms with Gasteiger partial charge in [0.25, 0.3) is 0 Å². The summed E-state index contributed by atoms with van der Waals surface area (Å²) in [5.41, 5.74) is 1.11. The van der Waals surface area contributed by atoms with Gasteiger partial charge in [-0.1, -0.05) is 0 Å². The number of aldehydes is 1. The van der Waals surface area contributed by atoms with Gasteiger partial charge in [-0.05, 0) is 18.2 Å². The first kappa shape index (κ1) is 11.0. The minimum Gasteiger partial charge on any atom is -0.496 e. The first-order valence-electron chi connectivity index (χ1n) is 4.26. The maximum Gasteiger partial charge on any atom is 0.404 e. The summed E-state index contributed by atoms with van der Waals surface area (Å²) < 4.78 is 5.03. The van der Waals surface area contributed by atoms with Crippen molar-refractivity contribution >= 4 is 12.4 Å². The van der Waals surface area contributed by atoms with Gasteiger partial charge in [0.1, 0.15) is 12.0 Å². The van der Waals surface area contributed by atoms with E-state index in [1.807, 2.05) is 0 Å². The van der Waals surface area contributed by atoms with Gasteiger partial charge in [-0.25, -0.2) is 4.79 Å². The zero-order valence-corrected chi connectivity index (χ0v) is 8.19. The molecule has 1 aromatic rings. The number of nitrogens with one attached hydrogen (secondary N) is 1. The Bertz CT molecular complexity index is 376. The molecule has 0 aliphatic rings. The van der Waals surface area contributed by atoms with Crippen molar-refractivity contribution in [2.45, 2.75) is 6.54 Å². The molecular formula is C10H11NO4. The van der Waals surface area contributed by atoms with Crippen molar-refractivity contribution in [2.75, 3.05) is 7.11 Å². The van der Waals surface area contributed by atoms with E-state index in [4.69, 9.17) is 9.84 Å². The summed E-state index contributed by atoms with van der Waals surface area (Å²) in [5.74, 6) is 0.550. The van der Waals surface area contributed by atoms with Gasteiger partial charge < -0.3 is 15.2 Å². The molecule has 0 heterocycles. The number of benzene rings is 1. The van der Waals surface area contributed by atoms with Gasteiger partial charge in [0.2, 0.25) is 0 Å². The van der Waals surface area contributed by atoms with Crippen LogP contribution >= 0.6 is 0 Å². The molecule has 0 saturated heterocycles. The summed E-state index contributed by atoms with van der Waals surface area (Å²) in [5, 5.41) is 10.7. The summed E-state index contributed by atoms with van der Waals surface area (Å²) >= 11 is 0. The van der Waals surface area contributed by atoms with Gasteiger partial charge in [0.15, 0.2) is 0 Å². The summed E-state index contributed by atoms with van der Waals surface area (Å²) in [7, 11) is 1.49. The molecule has 5 nitrogen and oxygen atoms in total. The number of hydrogen-bond acceptors (Lipinski definition) is 3. The molecule has 5 heteroatoms. The van der Waals surface area contributed by atoms with E-state index >= 15 is 0 Å². The Morgan fingerprint density at radius 1 is 1.60 bits per heavy atom. The minimum atomic E-state index is -1.12. The van der Waals surface area contributed by atoms with E-state index in [9.17, 15) is 9.59 Å². The summed E-state index contributed by atoms with van der Waals surface area (Å²) in [4.78, 5) is 20.8. The van der Waals surface area contributed by atoms with Crippen LogP contribution in [0, 0.1) is 0 Å². The predicted octanol–water partition coefficient (Wildman–Crippen LogP) is 1.28. The fraction of sp³-hybridized carbons (Fsp3) is 0.200. The molecule has 1 aromatic carbocycles. The first-order valence-corrected chi connectivity index (χ1v) is 4.26. The fourth-order valence-corrected chi connectivity index (χ4v) is 1.18. The fourth-order valence-electron chi connectivity index (χ4n) is 1.18. The molecule has 0 aromatic heterocycles. The molecule has 0 atom stereocenters. The predicted molar refractivity (Wildman–Crippen MR) is 53.2 cm³/mol. The smallest absolute Gasteiger partial charge is 0.404 e. The van der Waals surface area contributed by atoms with Gasteiger partial charge in [-0.2, -0.15) is 0 Å². The van der Waals surface area contributed by atoms with Crippen LogP contribution in [0.25, 0.3) is 0 Å². The van der Waals surface area contributed by atoms with E-state index in [1.54, 1.807) is 18.2 Å². The third kappa shape index (κ3) is 2.98. The van der Waals surface area contributed by atoms with Gasteiger partial charge in [-0.15, -0.1) is 0 Å². The lowest BCUT2D eigenvalue weighted by Gasteiger charge is -2.08. The quantitative estimate of drug-likeness (QED) is 0.732. The van der Waals surface area contributed by atoms with E-state index in [2.05, 4.69) is 5.32 Å². The highest BCUT2D eigenvalue weighted by atomic mass is 16.5. The van der Waals surface area contributed by atoms with Crippen LogP contribution in [0.2, 0.25) is 0 Å². The van der Waals surface area contributed by atoms with Gasteiger partial charge in [-0.3, -0.25) is 4.79 Å². The highest BCUT2D eigenvalue weighted by Crippen LogP contribution is 2.18. The summed E-state index contributed by atoms with van der Waals surface area (Å²) in [6.45, 7) is 0.111. The van der Waals surface area contributed by atoms with Crippen LogP contribution in [0.4, 0.5) is 4.79 Å². The third-order valence-electron chi connectivity index (χ3n) is 1.87. The Morgan fingerprint density at radius 2 is 2.33 bits per heavy atom. The highest BCUT2D eigenvalue weighted by molar-refractivity contribution is 5.75. The molecule has 0 radical (unpaired) electrons. The zero-order chi connectivity index (χ0) is 11.3. The molecule has 1 rings (SSSR count). The summed E-state index contributed by atoms with van der Waals surface area (Å²) in [6.07, 6.45) is -0.419. The number of methoxy groups -OCH3 is 1. The Labute approximate surface area is 86.7 Å². The maximum absolute atomic E-state index is 10.5. The minimum absolute atomic E-state index is 0.111. The molecule has 80 valence electrons. The molecular weight excluding hydrogens is 198 g/mol. The average Bonchev–Trinajstić information content (AvgIpc) is 2.25. The van der Waals surface area contributed by atoms with E-state index < -0.39 is 6.09 Å². The number of amides is 1. The molecule has 0 fully saturated rings. The van der Waals surface area contributed by atoms with E-state index in [-0.39, 0.29) is 6.54 Å². The second kappa shape index (κ2) is 4.99. The van der Waals surface area contributed by atoms with Crippen LogP contribution in [0.5, 0.6) is 5.75 Å². The van der Waals surface area contributed by atoms with Gasteiger partial charge in [0.05, 0.1) is 7.11 Å². The molecule has 0 bridgehead atoms. The van der Waals surface area contributed by atoms with E-state index in [0.717, 1.165) is 0 Å². The summed E-state index contributed by atoms with van der Waals surface area (Å²) in [6, 6.07) is 4.82. The topological polar surface area (TPSA) is 75.6 Å². The monoisotopic (exact) mass is 209 g/mol. The van der Waals surface area contributed by atoms with Gasteiger partial charge in [0, 0.05) is 17.7 Å². The molecule has 0 spiro atoms. The SMILES string of the molecule is COc1ccc(C=O)cc1CNC(=O)O. The van der Waals surface area contributed by atoms with Crippen LogP contribution in [-0.4, -0.2) is 24.6 Å². The Balaban J connectivity index is 2.90. The average molecular weight is 209 g/mol. The number of carbonyl (C=O) groups excluding carboxylic acids is 1. The van der Waals surface area contributed by atoms with Crippen molar-refractivity contribution < 1.29 is 19.4 Å². The number of rotatable bonds is 4. The first-order chi connectivity index (χ1) is 7.17. The van der Waals surface area contributed by atoms with Crippen molar-refractivity contribution in [3.8, 4) is 5.75 Å². The molecule has 0 saturated carbocycles. The van der Waals surface area contributed by atoms with Crippen LogP contribution in [-0.2, 0) is 6.54 Å². The highest BCUT2D eigenvalue weighted by Gasteiger charge is 2.05. The largest absolute Gasteiger partial charge is 0.496 e. The Hall–Kier alpha value is -2.04. The Morgan fingerprint density at radius 3 is 2.87 bits per heavy atom. The van der Waals surface area contributed by atoms with Crippen molar-refractivity contribution in [3.05, 3.63) is 29.3 Å². The second-order valence-electron chi connectivity index (χ2n) is 2.85. The van der Waals surface area contributed by atoms with Crippen molar-refractivity contribution in [1.29, 1.82) is 0 Å². The lowest BCUT2D eigenvalue weighted by molar-refractivity contribution is 0.112. The molecule has 1 amide bonds. The van der Waals surface area contributed by atoms with Crippen molar-refractivity contribution in [1.82, 2.24) is 5.32 Å². The lowest BCUT2D eigenvalue weighted by atomic mass is 10.1. The number of carboxylic acid groups (broad SMARTS) is 1. The third-order valence-corrected chi connectivity index (χ3v) is 1.87.